The lowest BCUT2D eigenvalue weighted by Crippen LogP contribution is -2.00. The molecule has 0 fully saturated rings. The summed E-state index contributed by atoms with van der Waals surface area (Å²) in [6.45, 7) is 1.94. The summed E-state index contributed by atoms with van der Waals surface area (Å²) < 4.78 is 5.34. The van der Waals surface area contributed by atoms with E-state index in [4.69, 9.17) is 22.1 Å². The Kier molecular flexibility index (Phi) is 3.67. The van der Waals surface area contributed by atoms with Crippen molar-refractivity contribution in [1.82, 2.24) is 9.97 Å². The first-order valence-corrected chi connectivity index (χ1v) is 5.87. The van der Waals surface area contributed by atoms with Crippen molar-refractivity contribution in [3.8, 4) is 5.75 Å². The molecule has 1 aromatic carbocycles. The van der Waals surface area contributed by atoms with E-state index < -0.39 is 0 Å². The molecular formula is C13H14ClN3O. The van der Waals surface area contributed by atoms with Gasteiger partial charge in [-0.2, -0.15) is 0 Å². The highest BCUT2D eigenvalue weighted by molar-refractivity contribution is 6.31. The molecule has 5 heteroatoms. The fourth-order valence-corrected chi connectivity index (χ4v) is 1.84. The van der Waals surface area contributed by atoms with Gasteiger partial charge >= 0.3 is 0 Å². The molecule has 0 unspecified atom stereocenters. The molecule has 0 radical (unpaired) electrons. The zero-order valence-electron chi connectivity index (χ0n) is 10.3. The maximum atomic E-state index is 6.12. The van der Waals surface area contributed by atoms with E-state index in [1.54, 1.807) is 19.5 Å². The van der Waals surface area contributed by atoms with E-state index in [0.29, 0.717) is 23.0 Å². The van der Waals surface area contributed by atoms with Gasteiger partial charge in [-0.1, -0.05) is 11.6 Å². The number of hydrogen-bond donors (Lipinski definition) is 1. The van der Waals surface area contributed by atoms with Crippen molar-refractivity contribution in [2.24, 2.45) is 0 Å². The summed E-state index contributed by atoms with van der Waals surface area (Å²) in [4.78, 5) is 8.33. The van der Waals surface area contributed by atoms with E-state index in [1.807, 2.05) is 19.1 Å². The van der Waals surface area contributed by atoms with Gasteiger partial charge in [-0.15, -0.1) is 0 Å². The molecule has 0 amide bonds. The molecule has 2 N–H and O–H groups in total. The largest absolute Gasteiger partial charge is 0.496 e. The molecule has 0 spiro atoms. The van der Waals surface area contributed by atoms with Crippen LogP contribution in [-0.4, -0.2) is 17.1 Å². The molecule has 18 heavy (non-hydrogen) atoms. The number of nitrogens with zero attached hydrogens (tertiary/aromatic N) is 2. The number of nitrogen functional groups attached to an aromatic ring is 1. The topological polar surface area (TPSA) is 61.0 Å². The number of aromatic nitrogens is 2. The summed E-state index contributed by atoms with van der Waals surface area (Å²) in [5, 5.41) is 0.709. The Bertz CT molecular complexity index is 555. The molecule has 0 aliphatic heterocycles. The summed E-state index contributed by atoms with van der Waals surface area (Å²) in [6, 6.07) is 3.80. The summed E-state index contributed by atoms with van der Waals surface area (Å²) >= 11 is 6.12. The van der Waals surface area contributed by atoms with Crippen molar-refractivity contribution in [1.29, 1.82) is 0 Å². The molecule has 2 aromatic rings. The molecule has 94 valence electrons. The fourth-order valence-electron chi connectivity index (χ4n) is 1.65. The Morgan fingerprint density at radius 2 is 1.94 bits per heavy atom. The second-order valence-corrected chi connectivity index (χ2v) is 4.43. The van der Waals surface area contributed by atoms with Crippen molar-refractivity contribution < 1.29 is 4.74 Å². The van der Waals surface area contributed by atoms with Crippen LogP contribution in [-0.2, 0) is 6.42 Å². The van der Waals surface area contributed by atoms with Gasteiger partial charge in [-0.25, -0.2) is 9.97 Å². The van der Waals surface area contributed by atoms with Crippen LogP contribution in [0.1, 0.15) is 17.0 Å². The van der Waals surface area contributed by atoms with E-state index in [1.165, 1.54) is 0 Å². The van der Waals surface area contributed by atoms with Gasteiger partial charge in [0.15, 0.2) is 0 Å². The lowest BCUT2D eigenvalue weighted by Gasteiger charge is -2.10. The van der Waals surface area contributed by atoms with Crippen LogP contribution in [0.4, 0.5) is 5.69 Å². The Labute approximate surface area is 111 Å². The molecule has 0 aliphatic carbocycles. The first-order chi connectivity index (χ1) is 8.60. The number of aryl methyl sites for hydroxylation is 1. The monoisotopic (exact) mass is 263 g/mol. The number of rotatable bonds is 3. The lowest BCUT2D eigenvalue weighted by molar-refractivity contribution is 0.410. The smallest absolute Gasteiger partial charge is 0.132 e. The van der Waals surface area contributed by atoms with E-state index in [0.717, 1.165) is 16.9 Å². The van der Waals surface area contributed by atoms with Gasteiger partial charge in [-0.05, 0) is 24.6 Å². The molecule has 4 nitrogen and oxygen atoms in total. The van der Waals surface area contributed by atoms with E-state index in [2.05, 4.69) is 9.97 Å². The van der Waals surface area contributed by atoms with Crippen LogP contribution in [0.3, 0.4) is 0 Å². The Morgan fingerprint density at radius 1 is 1.28 bits per heavy atom. The number of benzene rings is 1. The van der Waals surface area contributed by atoms with E-state index in [9.17, 15) is 0 Å². The zero-order chi connectivity index (χ0) is 13.1. The summed E-state index contributed by atoms with van der Waals surface area (Å²) in [5.74, 6) is 1.47. The molecule has 0 saturated heterocycles. The third-order valence-corrected chi connectivity index (χ3v) is 3.04. The minimum absolute atomic E-state index is 0.549. The van der Waals surface area contributed by atoms with Crippen molar-refractivity contribution in [2.75, 3.05) is 12.8 Å². The number of anilines is 1. The van der Waals surface area contributed by atoms with Crippen LogP contribution < -0.4 is 10.5 Å². The van der Waals surface area contributed by atoms with Crippen LogP contribution in [0.25, 0.3) is 0 Å². The molecule has 0 bridgehead atoms. The van der Waals surface area contributed by atoms with Gasteiger partial charge in [0.1, 0.15) is 11.6 Å². The first kappa shape index (κ1) is 12.6. The third kappa shape index (κ3) is 2.71. The number of halogens is 1. The highest BCUT2D eigenvalue weighted by atomic mass is 35.5. The molecule has 1 aromatic heterocycles. The second kappa shape index (κ2) is 5.23. The first-order valence-electron chi connectivity index (χ1n) is 5.49. The van der Waals surface area contributed by atoms with E-state index >= 15 is 0 Å². The molecule has 2 rings (SSSR count). The molecular weight excluding hydrogens is 250 g/mol. The number of methoxy groups -OCH3 is 1. The van der Waals surface area contributed by atoms with Crippen LogP contribution >= 0.6 is 11.6 Å². The van der Waals surface area contributed by atoms with Crippen molar-refractivity contribution in [3.63, 3.8) is 0 Å². The van der Waals surface area contributed by atoms with Crippen molar-refractivity contribution in [3.05, 3.63) is 46.5 Å². The van der Waals surface area contributed by atoms with Crippen LogP contribution in [0.15, 0.2) is 24.5 Å². The van der Waals surface area contributed by atoms with Crippen LogP contribution in [0, 0.1) is 6.92 Å². The molecule has 1 heterocycles. The Morgan fingerprint density at radius 3 is 2.56 bits per heavy atom. The number of nitrogens with two attached hydrogens (primary N) is 1. The maximum absolute atomic E-state index is 6.12. The summed E-state index contributed by atoms with van der Waals surface area (Å²) in [7, 11) is 1.63. The van der Waals surface area contributed by atoms with Gasteiger partial charge < -0.3 is 10.5 Å². The zero-order valence-corrected chi connectivity index (χ0v) is 11.0. The Balaban J connectivity index is 2.33. The number of ether oxygens (including phenoxy) is 1. The molecule has 0 saturated carbocycles. The van der Waals surface area contributed by atoms with Gasteiger partial charge in [0, 0.05) is 17.0 Å². The lowest BCUT2D eigenvalue weighted by atomic mass is 10.1. The summed E-state index contributed by atoms with van der Waals surface area (Å²) in [5.41, 5.74) is 8.04. The van der Waals surface area contributed by atoms with E-state index in [-0.39, 0.29) is 0 Å². The molecule has 0 atom stereocenters. The minimum atomic E-state index is 0.549. The maximum Gasteiger partial charge on any atom is 0.132 e. The third-order valence-electron chi connectivity index (χ3n) is 2.64. The molecule has 0 aliphatic rings. The quantitative estimate of drug-likeness (QED) is 0.925. The average molecular weight is 264 g/mol. The van der Waals surface area contributed by atoms with Crippen molar-refractivity contribution in [2.45, 2.75) is 13.3 Å². The standard InChI is InChI=1S/C13H14ClN3O/c1-8-3-12(18-2)9(4-11(8)14)5-13-16-6-10(15)7-17-13/h3-4,6-7H,5,15H2,1-2H3. The van der Waals surface area contributed by atoms with Gasteiger partial charge in [-0.3, -0.25) is 0 Å². The van der Waals surface area contributed by atoms with Crippen LogP contribution in [0.2, 0.25) is 5.02 Å². The van der Waals surface area contributed by atoms with Crippen LogP contribution in [0.5, 0.6) is 5.75 Å². The number of hydrogen-bond acceptors (Lipinski definition) is 4. The predicted octanol–water partition coefficient (Wildman–Crippen LogP) is 2.62. The normalized spacial score (nSPS) is 10.4. The highest BCUT2D eigenvalue weighted by Crippen LogP contribution is 2.27. The predicted molar refractivity (Wildman–Crippen MR) is 72.0 cm³/mol. The van der Waals surface area contributed by atoms with Gasteiger partial charge in [0.05, 0.1) is 25.2 Å². The Hall–Kier alpha value is -1.81. The second-order valence-electron chi connectivity index (χ2n) is 4.02. The minimum Gasteiger partial charge on any atom is -0.496 e. The average Bonchev–Trinajstić information content (AvgIpc) is 2.36. The van der Waals surface area contributed by atoms with Gasteiger partial charge in [0.25, 0.3) is 0 Å². The van der Waals surface area contributed by atoms with Gasteiger partial charge in [0.2, 0.25) is 0 Å². The summed E-state index contributed by atoms with van der Waals surface area (Å²) in [6.07, 6.45) is 3.73. The van der Waals surface area contributed by atoms with Crippen molar-refractivity contribution >= 4 is 17.3 Å². The fraction of sp³-hybridized carbons (Fsp3) is 0.231. The highest BCUT2D eigenvalue weighted by Gasteiger charge is 2.09. The SMILES string of the molecule is COc1cc(C)c(Cl)cc1Cc1ncc(N)cn1.